The van der Waals surface area contributed by atoms with E-state index in [1.807, 2.05) is 47.0 Å². The average molecular weight is 408 g/mol. The number of hydrogen-bond acceptors (Lipinski definition) is 3. The van der Waals surface area contributed by atoms with Gasteiger partial charge in [0.05, 0.1) is 5.75 Å². The molecular weight excluding hydrogens is 386 g/mol. The minimum absolute atomic E-state index is 0.192. The van der Waals surface area contributed by atoms with Crippen LogP contribution in [0.4, 0.5) is 0 Å². The maximum Gasteiger partial charge on any atom is 0.233 e. The second kappa shape index (κ2) is 8.21. The quantitative estimate of drug-likeness (QED) is 0.683. The van der Waals surface area contributed by atoms with Crippen molar-refractivity contribution in [1.29, 1.82) is 0 Å². The molecule has 1 amide bonds. The zero-order valence-corrected chi connectivity index (χ0v) is 16.2. The first-order valence-corrected chi connectivity index (χ1v) is 10.1. The van der Waals surface area contributed by atoms with Crippen molar-refractivity contribution >= 4 is 33.6 Å². The smallest absolute Gasteiger partial charge is 0.233 e. The Morgan fingerprint density at radius 3 is 2.71 bits per heavy atom. The van der Waals surface area contributed by atoms with Gasteiger partial charge in [0.2, 0.25) is 5.91 Å². The molecule has 128 valence electrons. The van der Waals surface area contributed by atoms with Gasteiger partial charge < -0.3 is 4.90 Å². The Kier molecular flexibility index (Phi) is 6.00. The third kappa shape index (κ3) is 4.22. The molecule has 4 nitrogen and oxygen atoms in total. The van der Waals surface area contributed by atoms with E-state index in [4.69, 9.17) is 0 Å². The molecule has 2 aromatic rings. The summed E-state index contributed by atoms with van der Waals surface area (Å²) in [6, 6.07) is 8.49. The predicted molar refractivity (Wildman–Crippen MR) is 102 cm³/mol. The van der Waals surface area contributed by atoms with E-state index in [0.29, 0.717) is 11.8 Å². The van der Waals surface area contributed by atoms with Gasteiger partial charge in [0.15, 0.2) is 5.16 Å². The van der Waals surface area contributed by atoms with E-state index in [2.05, 4.69) is 20.9 Å². The van der Waals surface area contributed by atoms with Crippen LogP contribution in [0.15, 0.2) is 46.3 Å². The number of benzene rings is 1. The lowest BCUT2D eigenvalue weighted by atomic mass is 9.94. The first-order valence-electron chi connectivity index (χ1n) is 8.33. The predicted octanol–water partition coefficient (Wildman–Crippen LogP) is 4.52. The molecule has 1 heterocycles. The van der Waals surface area contributed by atoms with Crippen LogP contribution in [-0.2, 0) is 4.79 Å². The minimum Gasteiger partial charge on any atom is -0.342 e. The van der Waals surface area contributed by atoms with Gasteiger partial charge in [-0.15, -0.1) is 0 Å². The molecule has 1 aliphatic rings. The molecule has 6 heteroatoms. The van der Waals surface area contributed by atoms with Crippen LogP contribution in [0.5, 0.6) is 0 Å². The number of carbonyl (C=O) groups excluding carboxylic acids is 1. The van der Waals surface area contributed by atoms with Crippen molar-refractivity contribution in [1.82, 2.24) is 14.5 Å². The monoisotopic (exact) mass is 407 g/mol. The number of thioether (sulfide) groups is 1. The van der Waals surface area contributed by atoms with Gasteiger partial charge in [0.1, 0.15) is 0 Å². The number of nitrogens with zero attached hydrogens (tertiary/aromatic N) is 3. The van der Waals surface area contributed by atoms with Crippen LogP contribution in [-0.4, -0.2) is 39.2 Å². The number of amides is 1. The molecule has 0 aliphatic heterocycles. The summed E-state index contributed by atoms with van der Waals surface area (Å²) in [6.07, 6.45) is 9.77. The molecule has 0 spiro atoms. The normalized spacial score (nSPS) is 15.4. The molecule has 3 rings (SSSR count). The molecule has 0 atom stereocenters. The van der Waals surface area contributed by atoms with Crippen molar-refractivity contribution in [2.24, 2.45) is 0 Å². The van der Waals surface area contributed by atoms with E-state index in [-0.39, 0.29) is 5.91 Å². The summed E-state index contributed by atoms with van der Waals surface area (Å²) >= 11 is 4.95. The van der Waals surface area contributed by atoms with Crippen LogP contribution in [0.25, 0.3) is 5.69 Å². The number of hydrogen-bond donors (Lipinski definition) is 0. The van der Waals surface area contributed by atoms with E-state index >= 15 is 0 Å². The van der Waals surface area contributed by atoms with Gasteiger partial charge in [-0.1, -0.05) is 47.0 Å². The molecule has 0 radical (unpaired) electrons. The van der Waals surface area contributed by atoms with Gasteiger partial charge in [0, 0.05) is 35.6 Å². The Morgan fingerprint density at radius 2 is 2.00 bits per heavy atom. The fourth-order valence-electron chi connectivity index (χ4n) is 3.09. The van der Waals surface area contributed by atoms with Crippen LogP contribution in [0.1, 0.15) is 32.1 Å². The summed E-state index contributed by atoms with van der Waals surface area (Å²) in [5.41, 5.74) is 1.05. The molecule has 1 saturated carbocycles. The van der Waals surface area contributed by atoms with Crippen LogP contribution in [0.2, 0.25) is 0 Å². The van der Waals surface area contributed by atoms with Gasteiger partial charge in [0.25, 0.3) is 0 Å². The highest BCUT2D eigenvalue weighted by molar-refractivity contribution is 9.10. The number of aromatic nitrogens is 2. The van der Waals surface area contributed by atoms with Gasteiger partial charge in [-0.25, -0.2) is 4.98 Å². The summed E-state index contributed by atoms with van der Waals surface area (Å²) < 4.78 is 3.07. The number of rotatable bonds is 5. The highest BCUT2D eigenvalue weighted by Crippen LogP contribution is 2.25. The Morgan fingerprint density at radius 1 is 1.29 bits per heavy atom. The Labute approximate surface area is 155 Å². The summed E-state index contributed by atoms with van der Waals surface area (Å²) in [5, 5.41) is 0.850. The zero-order chi connectivity index (χ0) is 16.9. The molecule has 0 unspecified atom stereocenters. The van der Waals surface area contributed by atoms with Crippen LogP contribution in [0, 0.1) is 0 Å². The summed E-state index contributed by atoms with van der Waals surface area (Å²) in [4.78, 5) is 18.8. The summed E-state index contributed by atoms with van der Waals surface area (Å²) in [5.74, 6) is 0.623. The van der Waals surface area contributed by atoms with Gasteiger partial charge >= 0.3 is 0 Å². The SMILES string of the molecule is CN(C(=O)CSc1nccn1-c1ccc(Br)cc1)C1CCCCC1. The number of carbonyl (C=O) groups is 1. The van der Waals surface area contributed by atoms with Crippen molar-refractivity contribution in [3.05, 3.63) is 41.1 Å². The molecule has 1 aromatic heterocycles. The minimum atomic E-state index is 0.192. The lowest BCUT2D eigenvalue weighted by Gasteiger charge is -2.31. The van der Waals surface area contributed by atoms with Crippen molar-refractivity contribution in [3.8, 4) is 5.69 Å². The topological polar surface area (TPSA) is 38.1 Å². The number of imidazole rings is 1. The van der Waals surface area contributed by atoms with Crippen molar-refractivity contribution in [3.63, 3.8) is 0 Å². The molecule has 1 aromatic carbocycles. The van der Waals surface area contributed by atoms with E-state index in [0.717, 1.165) is 28.2 Å². The van der Waals surface area contributed by atoms with Crippen molar-refractivity contribution in [2.45, 2.75) is 43.3 Å². The lowest BCUT2D eigenvalue weighted by molar-refractivity contribution is -0.129. The third-order valence-corrected chi connectivity index (χ3v) is 6.03. The Bertz CT molecular complexity index is 680. The molecule has 0 bridgehead atoms. The maximum atomic E-state index is 12.5. The molecule has 1 fully saturated rings. The highest BCUT2D eigenvalue weighted by atomic mass is 79.9. The number of halogens is 1. The zero-order valence-electron chi connectivity index (χ0n) is 13.8. The van der Waals surface area contributed by atoms with Crippen LogP contribution in [0.3, 0.4) is 0 Å². The first-order chi connectivity index (χ1) is 11.6. The lowest BCUT2D eigenvalue weighted by Crippen LogP contribution is -2.39. The molecule has 24 heavy (non-hydrogen) atoms. The van der Waals surface area contributed by atoms with Crippen LogP contribution < -0.4 is 0 Å². The van der Waals surface area contributed by atoms with Crippen LogP contribution >= 0.6 is 27.7 Å². The fraction of sp³-hybridized carbons (Fsp3) is 0.444. The van der Waals surface area contributed by atoms with E-state index in [1.54, 1.807) is 6.20 Å². The van der Waals surface area contributed by atoms with E-state index in [1.165, 1.54) is 31.0 Å². The van der Waals surface area contributed by atoms with Crippen molar-refractivity contribution in [2.75, 3.05) is 12.8 Å². The molecule has 0 N–H and O–H groups in total. The third-order valence-electron chi connectivity index (χ3n) is 4.55. The average Bonchev–Trinajstić information content (AvgIpc) is 3.09. The highest BCUT2D eigenvalue weighted by Gasteiger charge is 2.22. The fourth-order valence-corrected chi connectivity index (χ4v) is 4.26. The van der Waals surface area contributed by atoms with Crippen molar-refractivity contribution < 1.29 is 4.79 Å². The van der Waals surface area contributed by atoms with Gasteiger partial charge in [-0.2, -0.15) is 0 Å². The first kappa shape index (κ1) is 17.5. The molecule has 0 saturated heterocycles. The summed E-state index contributed by atoms with van der Waals surface area (Å²) in [7, 11) is 1.94. The van der Waals surface area contributed by atoms with E-state index in [9.17, 15) is 4.79 Å². The second-order valence-corrected chi connectivity index (χ2v) is 8.00. The standard InChI is InChI=1S/C18H22BrN3OS/c1-21(15-5-3-2-4-6-15)17(23)13-24-18-20-11-12-22(18)16-9-7-14(19)8-10-16/h7-12,15H,2-6,13H2,1H3. The van der Waals surface area contributed by atoms with Gasteiger partial charge in [-0.3, -0.25) is 9.36 Å². The second-order valence-electron chi connectivity index (χ2n) is 6.14. The maximum absolute atomic E-state index is 12.5. The van der Waals surface area contributed by atoms with Gasteiger partial charge in [-0.05, 0) is 37.1 Å². The Hall–Kier alpha value is -1.27. The van der Waals surface area contributed by atoms with E-state index < -0.39 is 0 Å². The Balaban J connectivity index is 1.61. The molecule has 1 aliphatic carbocycles. The summed E-state index contributed by atoms with van der Waals surface area (Å²) in [6.45, 7) is 0. The molecular formula is C18H22BrN3OS. The largest absolute Gasteiger partial charge is 0.342 e.